The molecule has 4 nitrogen and oxygen atoms in total. The number of unbranched alkanes of at least 4 members (excludes halogenated alkanes) is 2. The molecule has 0 spiro atoms. The van der Waals surface area contributed by atoms with Gasteiger partial charge in [0.1, 0.15) is 34.8 Å². The lowest BCUT2D eigenvalue weighted by molar-refractivity contribution is -0.251. The average Bonchev–Trinajstić information content (AvgIpc) is 3.01. The quantitative estimate of drug-likeness (QED) is 0.196. The molecule has 2 aromatic rings. The molecule has 0 N–H and O–H groups in total. The van der Waals surface area contributed by atoms with Crippen LogP contribution in [0.1, 0.15) is 89.5 Å². The number of hydrogen-bond donors (Lipinski definition) is 0. The third-order valence-electron chi connectivity index (χ3n) is 10.0. The van der Waals surface area contributed by atoms with Gasteiger partial charge in [0, 0.05) is 23.5 Å². The summed E-state index contributed by atoms with van der Waals surface area (Å²) in [6.45, 7) is 3.57. The van der Waals surface area contributed by atoms with Crippen LogP contribution in [0.5, 0.6) is 5.75 Å². The normalized spacial score (nSPS) is 27.9. The second-order valence-electron chi connectivity index (χ2n) is 12.9. The number of rotatable bonds is 10. The number of nitriles is 1. The van der Waals surface area contributed by atoms with Gasteiger partial charge >= 0.3 is 6.11 Å². The first-order valence-corrected chi connectivity index (χ1v) is 16.2. The highest BCUT2D eigenvalue weighted by atomic mass is 19.3. The van der Waals surface area contributed by atoms with E-state index in [1.807, 2.05) is 0 Å². The Labute approximate surface area is 256 Å². The SMILES string of the molecule is CCCCCC1CCC(C2COC(C3CCC(C(F)(F)Oc4ccc(-c5cc(F)c(C#N)c(F)c5)c(F)c4)CC3)OC2)CC1. The summed E-state index contributed by atoms with van der Waals surface area (Å²) in [5.74, 6) is -2.74. The fraction of sp³-hybridized carbons (Fsp3) is 0.629. The highest BCUT2D eigenvalue weighted by molar-refractivity contribution is 5.66. The highest BCUT2D eigenvalue weighted by Gasteiger charge is 2.46. The van der Waals surface area contributed by atoms with Crippen LogP contribution in [0.25, 0.3) is 11.1 Å². The number of nitrogens with zero attached hydrogens (tertiary/aromatic N) is 1. The van der Waals surface area contributed by atoms with Crippen LogP contribution in [0.4, 0.5) is 22.0 Å². The second kappa shape index (κ2) is 14.6. The topological polar surface area (TPSA) is 51.5 Å². The van der Waals surface area contributed by atoms with E-state index in [0.717, 1.165) is 36.2 Å². The molecule has 1 saturated heterocycles. The summed E-state index contributed by atoms with van der Waals surface area (Å²) < 4.78 is 90.4. The molecule has 240 valence electrons. The second-order valence-corrected chi connectivity index (χ2v) is 12.9. The zero-order chi connectivity index (χ0) is 31.3. The molecular weight excluding hydrogens is 577 g/mol. The van der Waals surface area contributed by atoms with Gasteiger partial charge in [0.15, 0.2) is 6.29 Å². The molecule has 2 aliphatic carbocycles. The van der Waals surface area contributed by atoms with Gasteiger partial charge in [0.25, 0.3) is 0 Å². The van der Waals surface area contributed by atoms with Crippen molar-refractivity contribution in [3.05, 3.63) is 53.3 Å². The number of ether oxygens (including phenoxy) is 3. The molecule has 3 fully saturated rings. The summed E-state index contributed by atoms with van der Waals surface area (Å²) in [4.78, 5) is 0. The Bertz CT molecular complexity index is 1270. The van der Waals surface area contributed by atoms with Gasteiger partial charge in [-0.05, 0) is 80.2 Å². The Morgan fingerprint density at radius 1 is 0.818 bits per heavy atom. The molecule has 1 heterocycles. The molecule has 1 aliphatic heterocycles. The summed E-state index contributed by atoms with van der Waals surface area (Å²) in [5, 5.41) is 8.83. The Balaban J connectivity index is 1.08. The van der Waals surface area contributed by atoms with E-state index < -0.39 is 35.0 Å². The minimum absolute atomic E-state index is 0.0437. The maximum Gasteiger partial charge on any atom is 0.400 e. The van der Waals surface area contributed by atoms with E-state index in [1.165, 1.54) is 57.4 Å². The van der Waals surface area contributed by atoms with Gasteiger partial charge in [-0.1, -0.05) is 45.4 Å². The van der Waals surface area contributed by atoms with Gasteiger partial charge in [-0.3, -0.25) is 0 Å². The van der Waals surface area contributed by atoms with Crippen LogP contribution >= 0.6 is 0 Å². The highest BCUT2D eigenvalue weighted by Crippen LogP contribution is 2.44. The van der Waals surface area contributed by atoms with Crippen LogP contribution in [0, 0.1) is 58.4 Å². The standard InChI is InChI=1S/C35H42F5NO3/c1-2-3-4-5-22-6-8-23(9-7-22)26-20-42-34(43-21-26)24-10-12-27(13-11-24)35(39,40)44-28-14-15-29(33(38)18-28)25-16-31(36)30(19-41)32(37)17-25/h14-18,22-24,26-27,34H,2-13,20-21H2,1H3. The third-order valence-corrected chi connectivity index (χ3v) is 10.0. The van der Waals surface area contributed by atoms with E-state index >= 15 is 8.78 Å². The first-order valence-electron chi connectivity index (χ1n) is 16.2. The van der Waals surface area contributed by atoms with Crippen molar-refractivity contribution >= 4 is 0 Å². The maximum absolute atomic E-state index is 15.1. The van der Waals surface area contributed by atoms with Gasteiger partial charge in [0.2, 0.25) is 0 Å². The predicted molar refractivity (Wildman–Crippen MR) is 156 cm³/mol. The van der Waals surface area contributed by atoms with Crippen molar-refractivity contribution < 1.29 is 36.2 Å². The summed E-state index contributed by atoms with van der Waals surface area (Å²) in [6, 6.07) is 6.11. The predicted octanol–water partition coefficient (Wildman–Crippen LogP) is 9.80. The van der Waals surface area contributed by atoms with Crippen molar-refractivity contribution in [3.63, 3.8) is 0 Å². The zero-order valence-corrected chi connectivity index (χ0v) is 25.3. The number of hydrogen-bond acceptors (Lipinski definition) is 4. The van der Waals surface area contributed by atoms with Crippen LogP contribution in [0.2, 0.25) is 0 Å². The van der Waals surface area contributed by atoms with Gasteiger partial charge in [0.05, 0.1) is 19.1 Å². The molecule has 0 atom stereocenters. The van der Waals surface area contributed by atoms with E-state index in [9.17, 15) is 13.2 Å². The fourth-order valence-electron chi connectivity index (χ4n) is 7.31. The molecule has 0 aromatic heterocycles. The molecule has 0 radical (unpaired) electrons. The lowest BCUT2D eigenvalue weighted by Crippen LogP contribution is -2.43. The van der Waals surface area contributed by atoms with E-state index in [-0.39, 0.29) is 41.9 Å². The van der Waals surface area contributed by atoms with Crippen molar-refractivity contribution in [2.24, 2.45) is 29.6 Å². The zero-order valence-electron chi connectivity index (χ0n) is 25.3. The lowest BCUT2D eigenvalue weighted by atomic mass is 9.74. The van der Waals surface area contributed by atoms with Crippen molar-refractivity contribution in [1.29, 1.82) is 5.26 Å². The van der Waals surface area contributed by atoms with Gasteiger partial charge in [-0.25, -0.2) is 13.2 Å². The van der Waals surface area contributed by atoms with Crippen molar-refractivity contribution in [2.75, 3.05) is 13.2 Å². The van der Waals surface area contributed by atoms with Gasteiger partial charge < -0.3 is 14.2 Å². The Hall–Kier alpha value is -2.70. The molecule has 44 heavy (non-hydrogen) atoms. The first-order chi connectivity index (χ1) is 21.2. The lowest BCUT2D eigenvalue weighted by Gasteiger charge is -2.41. The number of halogens is 5. The Morgan fingerprint density at radius 3 is 2.05 bits per heavy atom. The van der Waals surface area contributed by atoms with Crippen LogP contribution < -0.4 is 4.74 Å². The molecule has 2 saturated carbocycles. The van der Waals surface area contributed by atoms with Gasteiger partial charge in [-0.2, -0.15) is 14.0 Å². The number of alkyl halides is 2. The third kappa shape index (κ3) is 7.74. The minimum atomic E-state index is -3.53. The molecule has 2 aromatic carbocycles. The first kappa shape index (κ1) is 32.7. The molecular formula is C35H42F5NO3. The van der Waals surface area contributed by atoms with Crippen molar-refractivity contribution in [3.8, 4) is 22.9 Å². The minimum Gasteiger partial charge on any atom is -0.432 e. The molecule has 3 aliphatic rings. The van der Waals surface area contributed by atoms with E-state index in [4.69, 9.17) is 19.5 Å². The van der Waals surface area contributed by atoms with Crippen LogP contribution in [-0.2, 0) is 9.47 Å². The molecule has 9 heteroatoms. The van der Waals surface area contributed by atoms with Crippen LogP contribution in [-0.4, -0.2) is 25.6 Å². The summed E-state index contributed by atoms with van der Waals surface area (Å²) in [5.41, 5.74) is -1.13. The molecule has 0 bridgehead atoms. The van der Waals surface area contributed by atoms with E-state index in [1.54, 1.807) is 0 Å². The summed E-state index contributed by atoms with van der Waals surface area (Å²) >= 11 is 0. The molecule has 5 rings (SSSR count). The molecule has 0 amide bonds. The average molecular weight is 620 g/mol. The van der Waals surface area contributed by atoms with Crippen molar-refractivity contribution in [1.82, 2.24) is 0 Å². The Morgan fingerprint density at radius 2 is 1.45 bits per heavy atom. The van der Waals surface area contributed by atoms with Crippen LogP contribution in [0.3, 0.4) is 0 Å². The summed E-state index contributed by atoms with van der Waals surface area (Å²) in [6.07, 6.45) is 7.90. The largest absolute Gasteiger partial charge is 0.432 e. The van der Waals surface area contributed by atoms with E-state index in [0.29, 0.717) is 37.9 Å². The Kier molecular flexibility index (Phi) is 10.8. The van der Waals surface area contributed by atoms with Gasteiger partial charge in [-0.15, -0.1) is 0 Å². The monoisotopic (exact) mass is 619 g/mol. The van der Waals surface area contributed by atoms with Crippen LogP contribution in [0.15, 0.2) is 30.3 Å². The smallest absolute Gasteiger partial charge is 0.400 e. The number of benzene rings is 2. The van der Waals surface area contributed by atoms with E-state index in [2.05, 4.69) is 6.92 Å². The fourth-order valence-corrected chi connectivity index (χ4v) is 7.31. The van der Waals surface area contributed by atoms with Crippen molar-refractivity contribution in [2.45, 2.75) is 96.4 Å². The maximum atomic E-state index is 15.1. The molecule has 0 unspecified atom stereocenters. The summed E-state index contributed by atoms with van der Waals surface area (Å²) in [7, 11) is 0.